The summed E-state index contributed by atoms with van der Waals surface area (Å²) in [5, 5.41) is 3.19. The largest absolute Gasteiger partial charge is 0.348 e. The number of aryl methyl sites for hydroxylation is 1. The Morgan fingerprint density at radius 2 is 2.05 bits per heavy atom. The van der Waals surface area contributed by atoms with E-state index in [-0.39, 0.29) is 11.9 Å². The molecular formula is C16H24N2O. The van der Waals surface area contributed by atoms with Gasteiger partial charge in [0, 0.05) is 0 Å². The van der Waals surface area contributed by atoms with Crippen molar-refractivity contribution >= 4 is 5.91 Å². The van der Waals surface area contributed by atoms with E-state index in [1.807, 2.05) is 0 Å². The van der Waals surface area contributed by atoms with Gasteiger partial charge in [0.05, 0.1) is 12.6 Å². The van der Waals surface area contributed by atoms with E-state index in [0.29, 0.717) is 6.54 Å². The number of carbonyl (C=O) groups excluding carboxylic acids is 1. The van der Waals surface area contributed by atoms with Crippen molar-refractivity contribution in [2.75, 3.05) is 19.6 Å². The second-order valence-corrected chi connectivity index (χ2v) is 5.17. The zero-order chi connectivity index (χ0) is 13.7. The molecule has 0 heterocycles. The van der Waals surface area contributed by atoms with Crippen molar-refractivity contribution in [2.24, 2.45) is 0 Å². The van der Waals surface area contributed by atoms with Crippen molar-refractivity contribution in [1.82, 2.24) is 10.2 Å². The Hall–Kier alpha value is -1.35. The maximum Gasteiger partial charge on any atom is 0.234 e. The summed E-state index contributed by atoms with van der Waals surface area (Å²) in [6.45, 7) is 6.53. The molecule has 0 spiro atoms. The van der Waals surface area contributed by atoms with Gasteiger partial charge in [0.15, 0.2) is 0 Å². The van der Waals surface area contributed by atoms with E-state index in [1.165, 1.54) is 11.1 Å². The van der Waals surface area contributed by atoms with E-state index < -0.39 is 0 Å². The Morgan fingerprint density at radius 1 is 1.32 bits per heavy atom. The highest BCUT2D eigenvalue weighted by molar-refractivity contribution is 5.78. The molecule has 1 atom stereocenters. The fraction of sp³-hybridized carbons (Fsp3) is 0.562. The molecule has 19 heavy (non-hydrogen) atoms. The summed E-state index contributed by atoms with van der Waals surface area (Å²) in [5.74, 6) is 0.144. The predicted octanol–water partition coefficient (Wildman–Crippen LogP) is 2.52. The maximum absolute atomic E-state index is 12.1. The first-order valence-electron chi connectivity index (χ1n) is 7.34. The number of amides is 1. The normalized spacial score (nSPS) is 18.2. The fourth-order valence-electron chi connectivity index (χ4n) is 2.79. The lowest BCUT2D eigenvalue weighted by Gasteiger charge is -2.27. The van der Waals surface area contributed by atoms with Gasteiger partial charge in [-0.3, -0.25) is 9.69 Å². The van der Waals surface area contributed by atoms with Crippen LogP contribution in [0.2, 0.25) is 0 Å². The Morgan fingerprint density at radius 3 is 2.79 bits per heavy atom. The van der Waals surface area contributed by atoms with Gasteiger partial charge in [-0.25, -0.2) is 0 Å². The van der Waals surface area contributed by atoms with Crippen LogP contribution in [0, 0.1) is 0 Å². The molecule has 0 aromatic heterocycles. The zero-order valence-corrected chi connectivity index (χ0v) is 12.0. The molecule has 0 saturated carbocycles. The van der Waals surface area contributed by atoms with E-state index in [4.69, 9.17) is 0 Å². The number of fused-ring (bicyclic) bond motifs is 1. The molecule has 0 bridgehead atoms. The number of rotatable bonds is 5. The third-order valence-corrected chi connectivity index (χ3v) is 3.97. The molecule has 0 fully saturated rings. The molecule has 1 aliphatic carbocycles. The number of nitrogens with zero attached hydrogens (tertiary/aromatic N) is 1. The van der Waals surface area contributed by atoms with Crippen LogP contribution in [0.15, 0.2) is 24.3 Å². The zero-order valence-electron chi connectivity index (χ0n) is 12.0. The number of nitrogens with one attached hydrogen (secondary N) is 1. The van der Waals surface area contributed by atoms with E-state index in [2.05, 4.69) is 48.3 Å². The number of hydrogen-bond donors (Lipinski definition) is 1. The minimum Gasteiger partial charge on any atom is -0.348 e. The second kappa shape index (κ2) is 6.71. The summed E-state index contributed by atoms with van der Waals surface area (Å²) in [4.78, 5) is 14.2. The second-order valence-electron chi connectivity index (χ2n) is 5.17. The summed E-state index contributed by atoms with van der Waals surface area (Å²) in [5.41, 5.74) is 2.70. The number of carbonyl (C=O) groups is 1. The van der Waals surface area contributed by atoms with Gasteiger partial charge in [-0.05, 0) is 43.5 Å². The Bertz CT molecular complexity index is 427. The summed E-state index contributed by atoms with van der Waals surface area (Å²) in [6, 6.07) is 8.68. The van der Waals surface area contributed by atoms with Crippen LogP contribution in [0.5, 0.6) is 0 Å². The smallest absolute Gasteiger partial charge is 0.234 e. The first-order valence-corrected chi connectivity index (χ1v) is 7.34. The molecular weight excluding hydrogens is 236 g/mol. The maximum atomic E-state index is 12.1. The van der Waals surface area contributed by atoms with Crippen LogP contribution in [0.4, 0.5) is 0 Å². The highest BCUT2D eigenvalue weighted by atomic mass is 16.2. The quantitative estimate of drug-likeness (QED) is 0.882. The molecule has 1 aromatic carbocycles. The molecule has 1 unspecified atom stereocenters. The van der Waals surface area contributed by atoms with Crippen molar-refractivity contribution in [3.63, 3.8) is 0 Å². The van der Waals surface area contributed by atoms with E-state index in [0.717, 1.165) is 32.4 Å². The van der Waals surface area contributed by atoms with Crippen LogP contribution in [0.25, 0.3) is 0 Å². The molecule has 1 amide bonds. The van der Waals surface area contributed by atoms with Gasteiger partial charge in [0.2, 0.25) is 5.91 Å². The van der Waals surface area contributed by atoms with Crippen molar-refractivity contribution in [2.45, 2.75) is 39.2 Å². The first kappa shape index (κ1) is 14.1. The lowest BCUT2D eigenvalue weighted by Crippen LogP contribution is -2.39. The minimum atomic E-state index is 0.144. The molecule has 1 aliphatic rings. The van der Waals surface area contributed by atoms with Crippen LogP contribution in [0.1, 0.15) is 43.9 Å². The van der Waals surface area contributed by atoms with Gasteiger partial charge in [-0.2, -0.15) is 0 Å². The van der Waals surface area contributed by atoms with Crippen molar-refractivity contribution in [3.8, 4) is 0 Å². The number of hydrogen-bond acceptors (Lipinski definition) is 2. The van der Waals surface area contributed by atoms with E-state index in [1.54, 1.807) is 0 Å². The standard InChI is InChI=1S/C16H24N2O/c1-3-18(4-2)12-16(19)17-15-11-7-9-13-8-5-6-10-14(13)15/h5-6,8,10,15H,3-4,7,9,11-12H2,1-2H3,(H,17,19). The van der Waals surface area contributed by atoms with Crippen LogP contribution >= 0.6 is 0 Å². The van der Waals surface area contributed by atoms with Gasteiger partial charge >= 0.3 is 0 Å². The number of likely N-dealkylation sites (N-methyl/N-ethyl adjacent to an activating group) is 1. The molecule has 104 valence electrons. The topological polar surface area (TPSA) is 32.3 Å². The van der Waals surface area contributed by atoms with Gasteiger partial charge in [0.25, 0.3) is 0 Å². The van der Waals surface area contributed by atoms with Crippen molar-refractivity contribution in [3.05, 3.63) is 35.4 Å². The molecule has 1 N–H and O–H groups in total. The Kier molecular flexibility index (Phi) is 4.97. The summed E-state index contributed by atoms with van der Waals surface area (Å²) < 4.78 is 0. The van der Waals surface area contributed by atoms with Crippen molar-refractivity contribution in [1.29, 1.82) is 0 Å². The van der Waals surface area contributed by atoms with E-state index >= 15 is 0 Å². The average Bonchev–Trinajstić information content (AvgIpc) is 2.45. The van der Waals surface area contributed by atoms with Crippen LogP contribution < -0.4 is 5.32 Å². The molecule has 3 heteroatoms. The van der Waals surface area contributed by atoms with Gasteiger partial charge in [-0.1, -0.05) is 38.1 Å². The predicted molar refractivity (Wildman–Crippen MR) is 78.1 cm³/mol. The molecule has 1 aromatic rings. The lowest BCUT2D eigenvalue weighted by molar-refractivity contribution is -0.123. The Labute approximate surface area is 116 Å². The third-order valence-electron chi connectivity index (χ3n) is 3.97. The molecule has 0 radical (unpaired) electrons. The lowest BCUT2D eigenvalue weighted by atomic mass is 9.88. The van der Waals surface area contributed by atoms with Gasteiger partial charge in [-0.15, -0.1) is 0 Å². The molecule has 0 aliphatic heterocycles. The Balaban J connectivity index is 1.99. The fourth-order valence-corrected chi connectivity index (χ4v) is 2.79. The van der Waals surface area contributed by atoms with Gasteiger partial charge < -0.3 is 5.32 Å². The minimum absolute atomic E-state index is 0.144. The van der Waals surface area contributed by atoms with Crippen LogP contribution in [0.3, 0.4) is 0 Å². The van der Waals surface area contributed by atoms with Crippen molar-refractivity contribution < 1.29 is 4.79 Å². The molecule has 2 rings (SSSR count). The monoisotopic (exact) mass is 260 g/mol. The SMILES string of the molecule is CCN(CC)CC(=O)NC1CCCc2ccccc21. The molecule has 0 saturated heterocycles. The summed E-state index contributed by atoms with van der Waals surface area (Å²) in [6.07, 6.45) is 3.35. The van der Waals surface area contributed by atoms with Crippen LogP contribution in [-0.2, 0) is 11.2 Å². The number of benzene rings is 1. The summed E-state index contributed by atoms with van der Waals surface area (Å²) >= 11 is 0. The van der Waals surface area contributed by atoms with E-state index in [9.17, 15) is 4.79 Å². The first-order chi connectivity index (χ1) is 9.24. The highest BCUT2D eigenvalue weighted by Gasteiger charge is 2.21. The van der Waals surface area contributed by atoms with Crippen LogP contribution in [-0.4, -0.2) is 30.4 Å². The summed E-state index contributed by atoms with van der Waals surface area (Å²) in [7, 11) is 0. The average molecular weight is 260 g/mol. The third kappa shape index (κ3) is 3.57. The molecule has 3 nitrogen and oxygen atoms in total. The highest BCUT2D eigenvalue weighted by Crippen LogP contribution is 2.29. The van der Waals surface area contributed by atoms with Gasteiger partial charge in [0.1, 0.15) is 0 Å².